The van der Waals surface area contributed by atoms with Gasteiger partial charge in [0.1, 0.15) is 5.52 Å². The van der Waals surface area contributed by atoms with Crippen molar-refractivity contribution in [3.8, 4) is 0 Å². The van der Waals surface area contributed by atoms with Crippen LogP contribution < -0.4 is 5.11 Å². The van der Waals surface area contributed by atoms with E-state index in [0.29, 0.717) is 5.52 Å². The Morgan fingerprint density at radius 2 is 1.34 bits per heavy atom. The van der Waals surface area contributed by atoms with Crippen molar-refractivity contribution in [2.75, 3.05) is 24.6 Å². The minimum Gasteiger partial charge on any atom is -0.543 e. The largest absolute Gasteiger partial charge is 0.543 e. The highest BCUT2D eigenvalue weighted by molar-refractivity contribution is 7.75. The molecule has 6 nitrogen and oxygen atoms in total. The SMILES string of the molecule is CCCC[P+](CCCC)(CCCC)CCCC.O=C([O-])c1ccc2n[nH]nc2n1. The quantitative estimate of drug-likeness (QED) is 0.462. The summed E-state index contributed by atoms with van der Waals surface area (Å²) >= 11 is 0. The van der Waals surface area contributed by atoms with Crippen LogP contribution in [0, 0.1) is 0 Å². The first-order valence-corrected chi connectivity index (χ1v) is 13.8. The van der Waals surface area contributed by atoms with Gasteiger partial charge in [-0.05, 0) is 37.8 Å². The van der Waals surface area contributed by atoms with Gasteiger partial charge >= 0.3 is 0 Å². The lowest BCUT2D eigenvalue weighted by Gasteiger charge is -2.28. The number of carbonyl (C=O) groups excluding carboxylic acids is 1. The highest BCUT2D eigenvalue weighted by Crippen LogP contribution is 2.61. The molecule has 164 valence electrons. The zero-order valence-corrected chi connectivity index (χ0v) is 19.6. The van der Waals surface area contributed by atoms with Crippen LogP contribution >= 0.6 is 7.26 Å². The summed E-state index contributed by atoms with van der Waals surface area (Å²) in [4.78, 5) is 14.0. The Morgan fingerprint density at radius 3 is 1.76 bits per heavy atom. The van der Waals surface area contributed by atoms with Gasteiger partial charge < -0.3 is 9.90 Å². The number of carboxylic acids is 1. The third-order valence-corrected chi connectivity index (χ3v) is 10.4. The highest BCUT2D eigenvalue weighted by atomic mass is 31.2. The number of carboxylic acid groups (broad SMARTS) is 1. The van der Waals surface area contributed by atoms with E-state index in [2.05, 4.69) is 48.1 Å². The van der Waals surface area contributed by atoms with Gasteiger partial charge in [-0.15, -0.1) is 5.10 Å². The molecule has 2 aromatic heterocycles. The molecule has 0 unspecified atom stereocenters. The number of pyridine rings is 1. The maximum atomic E-state index is 10.3. The molecule has 29 heavy (non-hydrogen) atoms. The van der Waals surface area contributed by atoms with Gasteiger partial charge in [-0.2, -0.15) is 10.3 Å². The van der Waals surface area contributed by atoms with Crippen molar-refractivity contribution in [1.82, 2.24) is 20.4 Å². The van der Waals surface area contributed by atoms with Gasteiger partial charge in [-0.3, -0.25) is 0 Å². The third kappa shape index (κ3) is 9.20. The van der Waals surface area contributed by atoms with Gasteiger partial charge in [0, 0.05) is 7.26 Å². The van der Waals surface area contributed by atoms with Crippen LogP contribution in [0.15, 0.2) is 12.1 Å². The maximum Gasteiger partial charge on any atom is 0.202 e. The van der Waals surface area contributed by atoms with Crippen molar-refractivity contribution in [2.24, 2.45) is 0 Å². The molecule has 0 saturated heterocycles. The second-order valence-corrected chi connectivity index (χ2v) is 12.3. The van der Waals surface area contributed by atoms with Crippen LogP contribution in [-0.4, -0.2) is 51.0 Å². The van der Waals surface area contributed by atoms with Crippen molar-refractivity contribution in [1.29, 1.82) is 0 Å². The number of nitrogens with zero attached hydrogens (tertiary/aromatic N) is 3. The summed E-state index contributed by atoms with van der Waals surface area (Å²) in [6.07, 6.45) is 17.9. The molecule has 2 aromatic rings. The van der Waals surface area contributed by atoms with Gasteiger partial charge in [-0.1, -0.05) is 53.4 Å². The van der Waals surface area contributed by atoms with E-state index >= 15 is 0 Å². The smallest absolute Gasteiger partial charge is 0.202 e. The minimum atomic E-state index is -1.32. The maximum absolute atomic E-state index is 10.3. The number of fused-ring (bicyclic) bond motifs is 1. The predicted octanol–water partition coefficient (Wildman–Crippen LogP) is 4.92. The molecule has 0 fully saturated rings. The Balaban J connectivity index is 0.000000304. The molecule has 0 aliphatic carbocycles. The first-order valence-electron chi connectivity index (χ1n) is 11.3. The summed E-state index contributed by atoms with van der Waals surface area (Å²) in [5.41, 5.74) is 0.660. The zero-order chi connectivity index (χ0) is 21.5. The molecule has 0 atom stereocenters. The number of aromatic amines is 1. The zero-order valence-electron chi connectivity index (χ0n) is 18.7. The first kappa shape index (κ1) is 25.5. The van der Waals surface area contributed by atoms with Crippen molar-refractivity contribution in [2.45, 2.75) is 79.1 Å². The monoisotopic (exact) mass is 422 g/mol. The number of rotatable bonds is 13. The molecule has 0 saturated carbocycles. The van der Waals surface area contributed by atoms with Crippen molar-refractivity contribution in [3.05, 3.63) is 17.8 Å². The summed E-state index contributed by atoms with van der Waals surface area (Å²) in [7, 11) is -0.562. The Labute approximate surface area is 176 Å². The predicted molar refractivity (Wildman–Crippen MR) is 122 cm³/mol. The highest BCUT2D eigenvalue weighted by Gasteiger charge is 2.34. The number of carbonyl (C=O) groups is 1. The summed E-state index contributed by atoms with van der Waals surface area (Å²) in [5, 5.41) is 20.0. The van der Waals surface area contributed by atoms with Crippen LogP contribution in [0.5, 0.6) is 0 Å². The summed E-state index contributed by atoms with van der Waals surface area (Å²) in [6, 6.07) is 2.83. The second-order valence-electron chi connectivity index (χ2n) is 7.80. The van der Waals surface area contributed by atoms with Crippen LogP contribution in [0.3, 0.4) is 0 Å². The molecule has 0 aromatic carbocycles. The van der Waals surface area contributed by atoms with Crippen molar-refractivity contribution < 1.29 is 9.90 Å². The Kier molecular flexibility index (Phi) is 12.7. The Morgan fingerprint density at radius 1 is 0.862 bits per heavy atom. The molecule has 7 heteroatoms. The molecule has 0 bridgehead atoms. The van der Waals surface area contributed by atoms with E-state index in [1.807, 2.05) is 0 Å². The Bertz CT molecular complexity index is 667. The molecular weight excluding hydrogens is 383 g/mol. The summed E-state index contributed by atoms with van der Waals surface area (Å²) in [6.45, 7) is 9.42. The lowest BCUT2D eigenvalue weighted by molar-refractivity contribution is -0.255. The molecule has 0 radical (unpaired) electrons. The fraction of sp³-hybridized carbons (Fsp3) is 0.727. The molecule has 0 amide bonds. The van der Waals surface area contributed by atoms with Gasteiger partial charge in [0.2, 0.25) is 5.65 Å². The third-order valence-electron chi connectivity index (χ3n) is 5.33. The van der Waals surface area contributed by atoms with Crippen LogP contribution in [0.2, 0.25) is 0 Å². The number of nitrogens with one attached hydrogen (secondary N) is 1. The number of H-pyrrole nitrogens is 1. The van der Waals surface area contributed by atoms with Crippen LogP contribution in [0.4, 0.5) is 0 Å². The lowest BCUT2D eigenvalue weighted by atomic mass is 10.3. The number of hydrogen-bond acceptors (Lipinski definition) is 5. The molecule has 0 aliphatic heterocycles. The molecule has 2 rings (SSSR count). The van der Waals surface area contributed by atoms with Crippen LogP contribution in [0.25, 0.3) is 11.2 Å². The molecule has 0 aliphatic rings. The van der Waals surface area contributed by atoms with E-state index < -0.39 is 13.2 Å². The van der Waals surface area contributed by atoms with E-state index in [0.717, 1.165) is 0 Å². The normalized spacial score (nSPS) is 11.3. The standard InChI is InChI=1S/C16H36P.C6H4N4O2/c1-5-9-13-17(14-10-6-2,15-11-7-3)16-12-8-4;11-6(12)4-2-1-3-5(7-4)9-10-8-3/h5-16H2,1-4H3;1-2H,(H,11,12)(H,7,8,9,10)/q+1;/p-1. The summed E-state index contributed by atoms with van der Waals surface area (Å²) in [5.74, 6) is -1.32. The lowest BCUT2D eigenvalue weighted by Crippen LogP contribution is -2.23. The van der Waals surface area contributed by atoms with E-state index in [1.165, 1.54) is 63.5 Å². The van der Waals surface area contributed by atoms with E-state index in [-0.39, 0.29) is 11.3 Å². The molecule has 2 heterocycles. The molecular formula is C22H39N4O2P. The molecule has 1 N–H and O–H groups in total. The number of unbranched alkanes of at least 4 members (excludes halogenated alkanes) is 4. The van der Waals surface area contributed by atoms with E-state index in [9.17, 15) is 9.90 Å². The number of aromatic carboxylic acids is 1. The average Bonchev–Trinajstić information content (AvgIpc) is 3.21. The molecule has 0 spiro atoms. The summed E-state index contributed by atoms with van der Waals surface area (Å²) < 4.78 is 0. The van der Waals surface area contributed by atoms with Gasteiger partial charge in [0.25, 0.3) is 0 Å². The first-order chi connectivity index (χ1) is 14.0. The minimum absolute atomic E-state index is 0.142. The topological polar surface area (TPSA) is 94.6 Å². The van der Waals surface area contributed by atoms with Crippen molar-refractivity contribution >= 4 is 24.4 Å². The van der Waals surface area contributed by atoms with Crippen LogP contribution in [0.1, 0.15) is 89.5 Å². The van der Waals surface area contributed by atoms with E-state index in [4.69, 9.17) is 0 Å². The van der Waals surface area contributed by atoms with Gasteiger partial charge in [0.15, 0.2) is 0 Å². The fourth-order valence-corrected chi connectivity index (χ4v) is 8.79. The Hall–Kier alpha value is -1.55. The van der Waals surface area contributed by atoms with Gasteiger partial charge in [0.05, 0.1) is 36.3 Å². The fourth-order valence-electron chi connectivity index (χ4n) is 3.50. The average molecular weight is 423 g/mol. The van der Waals surface area contributed by atoms with E-state index in [1.54, 1.807) is 24.6 Å². The number of hydrogen-bond donors (Lipinski definition) is 1. The van der Waals surface area contributed by atoms with Gasteiger partial charge in [-0.25, -0.2) is 4.98 Å². The second kappa shape index (κ2) is 14.4. The van der Waals surface area contributed by atoms with Crippen LogP contribution in [-0.2, 0) is 0 Å². The van der Waals surface area contributed by atoms with Crippen molar-refractivity contribution in [3.63, 3.8) is 0 Å². The number of aromatic nitrogens is 4.